The summed E-state index contributed by atoms with van der Waals surface area (Å²) in [6, 6.07) is 13.9. The summed E-state index contributed by atoms with van der Waals surface area (Å²) in [6.07, 6.45) is 6.33. The summed E-state index contributed by atoms with van der Waals surface area (Å²) >= 11 is 0. The molecule has 0 spiro atoms. The first-order valence-corrected chi connectivity index (χ1v) is 10.7. The molecule has 1 aliphatic carbocycles. The highest BCUT2D eigenvalue weighted by atomic mass is 16.5. The third-order valence-corrected chi connectivity index (χ3v) is 6.30. The van der Waals surface area contributed by atoms with Gasteiger partial charge >= 0.3 is 6.03 Å². The minimum atomic E-state index is -0.346. The van der Waals surface area contributed by atoms with Crippen LogP contribution in [0.5, 0.6) is 5.75 Å². The van der Waals surface area contributed by atoms with Crippen LogP contribution in [0.25, 0.3) is 0 Å². The molecule has 158 valence electrons. The fourth-order valence-corrected chi connectivity index (χ4v) is 4.66. The van der Waals surface area contributed by atoms with Gasteiger partial charge in [0.15, 0.2) is 0 Å². The lowest BCUT2D eigenvalue weighted by Gasteiger charge is -2.41. The molecule has 1 aliphatic heterocycles. The van der Waals surface area contributed by atoms with E-state index in [0.717, 1.165) is 25.4 Å². The zero-order chi connectivity index (χ0) is 20.9. The minimum absolute atomic E-state index is 0.0893. The predicted molar refractivity (Wildman–Crippen MR) is 118 cm³/mol. The fourth-order valence-electron chi connectivity index (χ4n) is 4.66. The maximum atomic E-state index is 12.9. The Bertz CT molecular complexity index is 897. The molecule has 6 nitrogen and oxygen atoms in total. The second-order valence-corrected chi connectivity index (χ2v) is 8.23. The predicted octanol–water partition coefficient (Wildman–Crippen LogP) is 4.99. The molecule has 2 N–H and O–H groups in total. The number of likely N-dealkylation sites (tertiary alicyclic amines) is 1. The van der Waals surface area contributed by atoms with E-state index in [1.54, 1.807) is 43.5 Å². The Balaban J connectivity index is 1.33. The summed E-state index contributed by atoms with van der Waals surface area (Å²) in [5.74, 6) is 2.23. The molecule has 0 aromatic heterocycles. The van der Waals surface area contributed by atoms with Crippen molar-refractivity contribution in [1.82, 2.24) is 4.90 Å². The molecule has 1 saturated heterocycles. The van der Waals surface area contributed by atoms with Gasteiger partial charge in [0.25, 0.3) is 5.91 Å². The van der Waals surface area contributed by atoms with Gasteiger partial charge in [-0.15, -0.1) is 0 Å². The van der Waals surface area contributed by atoms with Crippen LogP contribution in [0.1, 0.15) is 42.5 Å². The Morgan fingerprint density at radius 2 is 1.67 bits per heavy atom. The van der Waals surface area contributed by atoms with Crippen molar-refractivity contribution in [2.75, 3.05) is 30.8 Å². The lowest BCUT2D eigenvalue weighted by Crippen LogP contribution is -2.44. The van der Waals surface area contributed by atoms with E-state index in [1.165, 1.54) is 25.7 Å². The third kappa shape index (κ3) is 4.75. The summed E-state index contributed by atoms with van der Waals surface area (Å²) in [7, 11) is 1.58. The third-order valence-electron chi connectivity index (χ3n) is 6.30. The number of benzene rings is 2. The average Bonchev–Trinajstić information content (AvgIpc) is 2.79. The van der Waals surface area contributed by atoms with Crippen LogP contribution in [0.15, 0.2) is 48.5 Å². The van der Waals surface area contributed by atoms with Crippen molar-refractivity contribution in [2.24, 2.45) is 11.8 Å². The quantitative estimate of drug-likeness (QED) is 0.750. The number of carbonyl (C=O) groups excluding carboxylic acids is 2. The molecule has 2 fully saturated rings. The van der Waals surface area contributed by atoms with E-state index in [0.29, 0.717) is 28.6 Å². The van der Waals surface area contributed by atoms with Crippen LogP contribution >= 0.6 is 0 Å². The number of ether oxygens (including phenoxy) is 1. The molecule has 30 heavy (non-hydrogen) atoms. The van der Waals surface area contributed by atoms with Crippen LogP contribution in [0.4, 0.5) is 16.2 Å². The maximum absolute atomic E-state index is 12.9. The van der Waals surface area contributed by atoms with Gasteiger partial charge in [0.1, 0.15) is 5.75 Å². The first-order valence-electron chi connectivity index (χ1n) is 10.7. The highest BCUT2D eigenvalue weighted by Crippen LogP contribution is 2.36. The zero-order valence-corrected chi connectivity index (χ0v) is 17.4. The van der Waals surface area contributed by atoms with Crippen LogP contribution < -0.4 is 15.4 Å². The topological polar surface area (TPSA) is 70.7 Å². The van der Waals surface area contributed by atoms with E-state index in [-0.39, 0.29) is 11.9 Å². The maximum Gasteiger partial charge on any atom is 0.323 e. The monoisotopic (exact) mass is 407 g/mol. The van der Waals surface area contributed by atoms with Crippen LogP contribution in [-0.2, 0) is 0 Å². The highest BCUT2D eigenvalue weighted by Gasteiger charge is 2.33. The number of amides is 3. The van der Waals surface area contributed by atoms with Gasteiger partial charge < -0.3 is 20.3 Å². The van der Waals surface area contributed by atoms with Crippen molar-refractivity contribution < 1.29 is 14.3 Å². The van der Waals surface area contributed by atoms with E-state index in [2.05, 4.69) is 10.6 Å². The van der Waals surface area contributed by atoms with Crippen molar-refractivity contribution >= 4 is 23.3 Å². The Morgan fingerprint density at radius 3 is 2.43 bits per heavy atom. The number of hydrogen-bond donors (Lipinski definition) is 2. The Labute approximate surface area is 177 Å². The lowest BCUT2D eigenvalue weighted by atomic mass is 9.75. The number of nitrogens with zero attached hydrogens (tertiary/aromatic N) is 1. The SMILES string of the molecule is COc1cccc(NC(=O)Nc2ccc(C(=O)N3CC[C@H]4CCCC[C@H]4C3)cc2)c1. The smallest absolute Gasteiger partial charge is 0.323 e. The second kappa shape index (κ2) is 9.20. The highest BCUT2D eigenvalue weighted by molar-refractivity contribution is 6.00. The summed E-state index contributed by atoms with van der Waals surface area (Å²) < 4.78 is 5.16. The first-order chi connectivity index (χ1) is 14.6. The number of urea groups is 1. The second-order valence-electron chi connectivity index (χ2n) is 8.23. The normalized spacial score (nSPS) is 20.8. The number of rotatable bonds is 4. The summed E-state index contributed by atoms with van der Waals surface area (Å²) in [5.41, 5.74) is 1.95. The minimum Gasteiger partial charge on any atom is -0.497 e. The molecule has 1 heterocycles. The molecular weight excluding hydrogens is 378 g/mol. The van der Waals surface area contributed by atoms with E-state index in [1.807, 2.05) is 17.0 Å². The number of nitrogens with one attached hydrogen (secondary N) is 2. The van der Waals surface area contributed by atoms with Crippen LogP contribution in [-0.4, -0.2) is 37.0 Å². The molecule has 0 radical (unpaired) electrons. The molecule has 2 aromatic rings. The van der Waals surface area contributed by atoms with Crippen molar-refractivity contribution in [3.63, 3.8) is 0 Å². The molecule has 2 atom stereocenters. The van der Waals surface area contributed by atoms with Gasteiger partial charge in [-0.3, -0.25) is 4.79 Å². The Morgan fingerprint density at radius 1 is 0.933 bits per heavy atom. The van der Waals surface area contributed by atoms with Gasteiger partial charge in [-0.05, 0) is 61.1 Å². The first kappa shape index (κ1) is 20.3. The van der Waals surface area contributed by atoms with Crippen LogP contribution in [0, 0.1) is 11.8 Å². The summed E-state index contributed by atoms with van der Waals surface area (Å²) in [6.45, 7) is 1.73. The van der Waals surface area contributed by atoms with E-state index in [4.69, 9.17) is 4.74 Å². The summed E-state index contributed by atoms with van der Waals surface area (Å²) in [5, 5.41) is 5.57. The molecule has 4 rings (SSSR count). The lowest BCUT2D eigenvalue weighted by molar-refractivity contribution is 0.0521. The van der Waals surface area contributed by atoms with Gasteiger partial charge in [0.05, 0.1) is 7.11 Å². The average molecular weight is 408 g/mol. The van der Waals surface area contributed by atoms with Gasteiger partial charge in [-0.25, -0.2) is 4.79 Å². The van der Waals surface area contributed by atoms with E-state index >= 15 is 0 Å². The molecule has 2 aliphatic rings. The number of carbonyl (C=O) groups is 2. The molecule has 1 saturated carbocycles. The van der Waals surface area contributed by atoms with Crippen LogP contribution in [0.2, 0.25) is 0 Å². The summed E-state index contributed by atoms with van der Waals surface area (Å²) in [4.78, 5) is 27.2. The Hall–Kier alpha value is -3.02. The number of fused-ring (bicyclic) bond motifs is 1. The van der Waals surface area contributed by atoms with Crippen molar-refractivity contribution in [2.45, 2.75) is 32.1 Å². The molecule has 2 aromatic carbocycles. The zero-order valence-electron chi connectivity index (χ0n) is 17.4. The molecule has 0 bridgehead atoms. The van der Waals surface area contributed by atoms with Gasteiger partial charge in [0.2, 0.25) is 0 Å². The fraction of sp³-hybridized carbons (Fsp3) is 0.417. The van der Waals surface area contributed by atoms with Crippen LogP contribution in [0.3, 0.4) is 0 Å². The number of anilines is 2. The largest absolute Gasteiger partial charge is 0.497 e. The van der Waals surface area contributed by atoms with Crippen molar-refractivity contribution in [3.8, 4) is 5.75 Å². The standard InChI is InChI=1S/C24H29N3O3/c1-30-22-8-4-7-21(15-22)26-24(29)25-20-11-9-18(10-12-20)23(28)27-14-13-17-5-2-3-6-19(17)16-27/h4,7-12,15,17,19H,2-3,5-6,13-14,16H2,1H3,(H2,25,26,29)/t17-,19+/m1/s1. The van der Waals surface area contributed by atoms with E-state index in [9.17, 15) is 9.59 Å². The number of hydrogen-bond acceptors (Lipinski definition) is 3. The van der Waals surface area contributed by atoms with E-state index < -0.39 is 0 Å². The number of methoxy groups -OCH3 is 1. The van der Waals surface area contributed by atoms with Crippen molar-refractivity contribution in [3.05, 3.63) is 54.1 Å². The van der Waals surface area contributed by atoms with Gasteiger partial charge in [-0.2, -0.15) is 0 Å². The molecule has 6 heteroatoms. The van der Waals surface area contributed by atoms with Gasteiger partial charge in [0, 0.05) is 36.1 Å². The van der Waals surface area contributed by atoms with Crippen molar-refractivity contribution in [1.29, 1.82) is 0 Å². The number of piperidine rings is 1. The Kier molecular flexibility index (Phi) is 6.21. The molecule has 3 amide bonds. The molecular formula is C24H29N3O3. The van der Waals surface area contributed by atoms with Gasteiger partial charge in [-0.1, -0.05) is 25.3 Å². The molecule has 0 unspecified atom stereocenters.